The second-order valence-corrected chi connectivity index (χ2v) is 9.29. The maximum absolute atomic E-state index is 11.3. The lowest BCUT2D eigenvalue weighted by Gasteiger charge is -2.36. The van der Waals surface area contributed by atoms with E-state index in [0.717, 1.165) is 13.2 Å². The molecule has 1 aliphatic rings. The number of nitro groups is 4. The summed E-state index contributed by atoms with van der Waals surface area (Å²) in [6, 6.07) is 22.5. The average molecular weight is 573 g/mol. The Morgan fingerprint density at radius 2 is 0.643 bits per heavy atom. The van der Waals surface area contributed by atoms with Gasteiger partial charge in [0.2, 0.25) is 0 Å². The third kappa shape index (κ3) is 6.10. The quantitative estimate of drug-likeness (QED) is 0.129. The Morgan fingerprint density at radius 3 is 0.786 bits per heavy atom. The Hall–Kier alpha value is -5.56. The van der Waals surface area contributed by atoms with E-state index in [2.05, 4.69) is 0 Å². The molecule has 0 radical (unpaired) electrons. The Bertz CT molecular complexity index is 1340. The highest BCUT2D eigenvalue weighted by atomic mass is 16.6. The maximum atomic E-state index is 11.3. The summed E-state index contributed by atoms with van der Waals surface area (Å²) in [5, 5.41) is 45.2. The van der Waals surface area contributed by atoms with E-state index in [0.29, 0.717) is 22.3 Å². The largest absolute Gasteiger partial charge is 0.381 e. The molecule has 0 N–H and O–H groups in total. The Morgan fingerprint density at radius 1 is 0.429 bits per heavy atom. The summed E-state index contributed by atoms with van der Waals surface area (Å²) in [4.78, 5) is 42.9. The van der Waals surface area contributed by atoms with Crippen molar-refractivity contribution < 1.29 is 24.4 Å². The number of non-ortho nitro benzene ring substituents is 4. The third-order valence-corrected chi connectivity index (χ3v) is 6.87. The van der Waals surface area contributed by atoms with Gasteiger partial charge in [0.05, 0.1) is 25.1 Å². The number of benzene rings is 4. The molecule has 4 aromatic rings. The fourth-order valence-electron chi connectivity index (χ4n) is 4.84. The minimum absolute atomic E-state index is 0.172. The van der Waals surface area contributed by atoms with Gasteiger partial charge in [-0.3, -0.25) is 40.5 Å². The first-order chi connectivity index (χ1) is 20.1. The topological polar surface area (TPSA) is 182 Å². The fourth-order valence-corrected chi connectivity index (χ4v) is 4.84. The van der Waals surface area contributed by atoms with E-state index in [9.17, 15) is 40.5 Å². The zero-order valence-electron chi connectivity index (χ0n) is 22.0. The number of nitro benzene ring substituents is 4. The Kier molecular flexibility index (Phi) is 8.93. The van der Waals surface area contributed by atoms with Crippen LogP contribution in [0.3, 0.4) is 0 Å². The number of hydrogen-bond donors (Lipinski definition) is 0. The monoisotopic (exact) mass is 572 g/mol. The molecule has 0 atom stereocenters. The highest BCUT2D eigenvalue weighted by molar-refractivity contribution is 5.62. The molecule has 0 saturated carbocycles. The molecule has 5 rings (SSSR count). The van der Waals surface area contributed by atoms with Crippen LogP contribution in [0.5, 0.6) is 0 Å². The number of rotatable bonds is 8. The van der Waals surface area contributed by atoms with Crippen molar-refractivity contribution in [2.45, 2.75) is 18.3 Å². The van der Waals surface area contributed by atoms with Gasteiger partial charge >= 0.3 is 0 Å². The van der Waals surface area contributed by atoms with E-state index in [-0.39, 0.29) is 22.7 Å². The lowest BCUT2D eigenvalue weighted by atomic mass is 9.65. The second kappa shape index (κ2) is 12.7. The van der Waals surface area contributed by atoms with Gasteiger partial charge in [0.25, 0.3) is 22.7 Å². The molecule has 13 nitrogen and oxygen atoms in total. The normalized spacial score (nSPS) is 12.6. The predicted molar refractivity (Wildman–Crippen MR) is 151 cm³/mol. The highest BCUT2D eigenvalue weighted by Crippen LogP contribution is 2.46. The van der Waals surface area contributed by atoms with Crippen LogP contribution in [0.1, 0.15) is 35.1 Å². The van der Waals surface area contributed by atoms with Crippen LogP contribution in [0, 0.1) is 40.5 Å². The van der Waals surface area contributed by atoms with Crippen molar-refractivity contribution in [3.63, 3.8) is 0 Å². The minimum Gasteiger partial charge on any atom is -0.381 e. The van der Waals surface area contributed by atoms with Crippen LogP contribution in [0.25, 0.3) is 0 Å². The van der Waals surface area contributed by atoms with Crippen LogP contribution in [-0.2, 0) is 10.2 Å². The molecule has 0 unspecified atom stereocenters. The van der Waals surface area contributed by atoms with E-state index in [4.69, 9.17) is 4.74 Å². The summed E-state index contributed by atoms with van der Waals surface area (Å²) < 4.78 is 4.94. The Balaban J connectivity index is 0.000000732. The van der Waals surface area contributed by atoms with Gasteiger partial charge in [-0.05, 0) is 35.1 Å². The van der Waals surface area contributed by atoms with Crippen molar-refractivity contribution in [1.29, 1.82) is 0 Å². The van der Waals surface area contributed by atoms with Crippen molar-refractivity contribution >= 4 is 22.7 Å². The molecule has 0 bridgehead atoms. The van der Waals surface area contributed by atoms with E-state index < -0.39 is 25.1 Å². The molecule has 0 aliphatic carbocycles. The van der Waals surface area contributed by atoms with Gasteiger partial charge in [-0.1, -0.05) is 48.5 Å². The molecule has 1 aliphatic heterocycles. The molecule has 0 spiro atoms. The predicted octanol–water partition coefficient (Wildman–Crippen LogP) is 6.50. The first-order valence-corrected chi connectivity index (χ1v) is 12.7. The zero-order chi connectivity index (χ0) is 30.3. The lowest BCUT2D eigenvalue weighted by molar-refractivity contribution is -0.385. The first kappa shape index (κ1) is 29.4. The number of hydrogen-bond acceptors (Lipinski definition) is 9. The van der Waals surface area contributed by atoms with Crippen LogP contribution in [0.2, 0.25) is 0 Å². The molecule has 0 amide bonds. The molecule has 1 heterocycles. The van der Waals surface area contributed by atoms with E-state index in [1.54, 1.807) is 0 Å². The van der Waals surface area contributed by atoms with Crippen LogP contribution >= 0.6 is 0 Å². The van der Waals surface area contributed by atoms with E-state index in [1.807, 2.05) is 0 Å². The smallest absolute Gasteiger partial charge is 0.269 e. The summed E-state index contributed by atoms with van der Waals surface area (Å²) >= 11 is 0. The van der Waals surface area contributed by atoms with Gasteiger partial charge in [-0.2, -0.15) is 0 Å². The molecule has 1 fully saturated rings. The SMILES string of the molecule is C1CCOC1.O=[N+]([O-])c1ccc(C(c2ccc([N+](=O)[O-])cc2)(c2ccc([N+](=O)[O-])cc2)c2ccc([N+](=O)[O-])cc2)cc1. The maximum Gasteiger partial charge on any atom is 0.269 e. The van der Waals surface area contributed by atoms with Gasteiger partial charge in [0, 0.05) is 61.7 Å². The van der Waals surface area contributed by atoms with Crippen LogP contribution in [0.4, 0.5) is 22.7 Å². The van der Waals surface area contributed by atoms with Crippen molar-refractivity contribution in [3.05, 3.63) is 160 Å². The van der Waals surface area contributed by atoms with Crippen LogP contribution in [0.15, 0.2) is 97.1 Å². The molecule has 13 heteroatoms. The van der Waals surface area contributed by atoms with Gasteiger partial charge in [-0.25, -0.2) is 0 Å². The van der Waals surface area contributed by atoms with Crippen molar-refractivity contribution in [3.8, 4) is 0 Å². The molecule has 1 saturated heterocycles. The van der Waals surface area contributed by atoms with Gasteiger partial charge in [0.15, 0.2) is 0 Å². The fraction of sp³-hybridized carbons (Fsp3) is 0.172. The van der Waals surface area contributed by atoms with Gasteiger partial charge < -0.3 is 4.74 Å². The van der Waals surface area contributed by atoms with Crippen molar-refractivity contribution in [2.75, 3.05) is 13.2 Å². The highest BCUT2D eigenvalue weighted by Gasteiger charge is 2.39. The van der Waals surface area contributed by atoms with Gasteiger partial charge in [-0.15, -0.1) is 0 Å². The molecular formula is C29H24N4O9. The average Bonchev–Trinajstić information content (AvgIpc) is 3.59. The molecule has 42 heavy (non-hydrogen) atoms. The van der Waals surface area contributed by atoms with Crippen LogP contribution in [-0.4, -0.2) is 32.9 Å². The molecule has 0 aromatic heterocycles. The van der Waals surface area contributed by atoms with Crippen LogP contribution < -0.4 is 0 Å². The summed E-state index contributed by atoms with van der Waals surface area (Å²) in [6.07, 6.45) is 2.56. The van der Waals surface area contributed by atoms with Gasteiger partial charge in [0.1, 0.15) is 0 Å². The first-order valence-electron chi connectivity index (χ1n) is 12.7. The summed E-state index contributed by atoms with van der Waals surface area (Å²) in [5.74, 6) is 0. The zero-order valence-corrected chi connectivity index (χ0v) is 22.0. The number of nitrogens with zero attached hydrogens (tertiary/aromatic N) is 4. The van der Waals surface area contributed by atoms with E-state index in [1.165, 1.54) is 110 Å². The van der Waals surface area contributed by atoms with Crippen molar-refractivity contribution in [2.24, 2.45) is 0 Å². The third-order valence-electron chi connectivity index (χ3n) is 6.87. The minimum atomic E-state index is -1.30. The Labute approximate surface area is 238 Å². The molecule has 214 valence electrons. The lowest BCUT2D eigenvalue weighted by Crippen LogP contribution is -2.31. The summed E-state index contributed by atoms with van der Waals surface area (Å²) in [5.41, 5.74) is -0.00671. The number of ether oxygens (including phenoxy) is 1. The standard InChI is InChI=1S/C25H16N4O8.C4H8O/c30-26(31)21-9-1-17(2-10-21)25(18-3-11-22(12-4-18)27(32)33,19-5-13-23(14-6-19)28(34)35)20-7-15-24(16-8-20)29(36)37;1-2-4-5-3-1/h1-16H;1-4H2. The second-order valence-electron chi connectivity index (χ2n) is 9.29. The summed E-state index contributed by atoms with van der Waals surface area (Å²) in [6.45, 7) is 2.00. The van der Waals surface area contributed by atoms with Crippen molar-refractivity contribution in [1.82, 2.24) is 0 Å². The molecular weight excluding hydrogens is 548 g/mol. The molecule has 4 aromatic carbocycles. The summed E-state index contributed by atoms with van der Waals surface area (Å²) in [7, 11) is 0. The van der Waals surface area contributed by atoms with E-state index >= 15 is 0 Å².